The number of phenols is 1. The number of halogens is 2. The van der Waals surface area contributed by atoms with Gasteiger partial charge in [-0.15, -0.1) is 0 Å². The zero-order valence-electron chi connectivity index (χ0n) is 13.0. The maximum Gasteiger partial charge on any atom is 0.266 e. The predicted octanol–water partition coefficient (Wildman–Crippen LogP) is 4.35. The van der Waals surface area contributed by atoms with Crippen LogP contribution in [0.3, 0.4) is 0 Å². The predicted molar refractivity (Wildman–Crippen MR) is 91.2 cm³/mol. The van der Waals surface area contributed by atoms with Crippen LogP contribution in [0, 0.1) is 31.0 Å². The van der Waals surface area contributed by atoms with Crippen LogP contribution in [0.1, 0.15) is 16.7 Å². The van der Waals surface area contributed by atoms with Crippen molar-refractivity contribution in [3.8, 4) is 11.8 Å². The van der Waals surface area contributed by atoms with Crippen molar-refractivity contribution in [2.45, 2.75) is 13.8 Å². The van der Waals surface area contributed by atoms with Crippen LogP contribution >= 0.6 is 11.6 Å². The topological polar surface area (TPSA) is 73.1 Å². The number of carbonyl (C=O) groups is 1. The molecule has 0 unspecified atom stereocenters. The van der Waals surface area contributed by atoms with Gasteiger partial charge in [0.2, 0.25) is 0 Å². The second-order valence-corrected chi connectivity index (χ2v) is 5.66. The Balaban J connectivity index is 2.29. The lowest BCUT2D eigenvalue weighted by molar-refractivity contribution is -0.112. The second kappa shape index (κ2) is 7.16. The summed E-state index contributed by atoms with van der Waals surface area (Å²) in [4.78, 5) is 12.2. The van der Waals surface area contributed by atoms with Crippen molar-refractivity contribution in [3.63, 3.8) is 0 Å². The summed E-state index contributed by atoms with van der Waals surface area (Å²) < 4.78 is 13.1. The fraction of sp³-hybridized carbons (Fsp3) is 0.111. The first-order valence-electron chi connectivity index (χ1n) is 7.00. The molecule has 0 aromatic heterocycles. The van der Waals surface area contributed by atoms with Gasteiger partial charge in [-0.3, -0.25) is 4.79 Å². The van der Waals surface area contributed by atoms with E-state index in [2.05, 4.69) is 5.32 Å². The molecule has 0 fully saturated rings. The zero-order valence-corrected chi connectivity index (χ0v) is 13.8. The molecule has 0 aliphatic carbocycles. The number of phenolic OH excluding ortho intramolecular Hbond substituents is 1. The van der Waals surface area contributed by atoms with Crippen molar-refractivity contribution in [2.24, 2.45) is 0 Å². The Morgan fingerprint density at radius 2 is 1.92 bits per heavy atom. The summed E-state index contributed by atoms with van der Waals surface area (Å²) in [5, 5.41) is 21.3. The number of hydrogen-bond acceptors (Lipinski definition) is 3. The summed E-state index contributed by atoms with van der Waals surface area (Å²) in [7, 11) is 0. The van der Waals surface area contributed by atoms with Crippen molar-refractivity contribution in [2.75, 3.05) is 5.32 Å². The number of aromatic hydroxyl groups is 1. The average molecular weight is 345 g/mol. The molecule has 6 heteroatoms. The minimum absolute atomic E-state index is 0.125. The number of nitrogens with zero attached hydrogens (tertiary/aromatic N) is 1. The van der Waals surface area contributed by atoms with E-state index < -0.39 is 11.7 Å². The third kappa shape index (κ3) is 3.92. The van der Waals surface area contributed by atoms with Gasteiger partial charge in [0.05, 0.1) is 5.02 Å². The van der Waals surface area contributed by atoms with Crippen molar-refractivity contribution in [1.82, 2.24) is 0 Å². The number of rotatable bonds is 3. The van der Waals surface area contributed by atoms with Gasteiger partial charge < -0.3 is 10.4 Å². The average Bonchev–Trinajstić information content (AvgIpc) is 2.53. The third-order valence-electron chi connectivity index (χ3n) is 3.37. The number of aryl methyl sites for hydroxylation is 2. The molecule has 0 spiro atoms. The number of anilines is 1. The van der Waals surface area contributed by atoms with Gasteiger partial charge in [0.15, 0.2) is 0 Å². The Kier molecular flexibility index (Phi) is 5.22. The maximum atomic E-state index is 13.1. The SMILES string of the molecule is Cc1cc(/C=C(\C#N)C(=O)Nc2ccc(F)c(Cl)c2)cc(C)c1O. The summed E-state index contributed by atoms with van der Waals surface area (Å²) in [6.45, 7) is 3.46. The molecule has 0 saturated carbocycles. The highest BCUT2D eigenvalue weighted by Crippen LogP contribution is 2.24. The normalized spacial score (nSPS) is 11.0. The summed E-state index contributed by atoms with van der Waals surface area (Å²) in [6, 6.07) is 8.90. The molecule has 4 nitrogen and oxygen atoms in total. The highest BCUT2D eigenvalue weighted by Gasteiger charge is 2.11. The molecule has 2 aromatic rings. The molecule has 0 heterocycles. The molecule has 0 radical (unpaired) electrons. The highest BCUT2D eigenvalue weighted by molar-refractivity contribution is 6.31. The Hall–Kier alpha value is -2.84. The molecular weight excluding hydrogens is 331 g/mol. The van der Waals surface area contributed by atoms with Crippen molar-refractivity contribution in [1.29, 1.82) is 5.26 Å². The van der Waals surface area contributed by atoms with E-state index in [4.69, 9.17) is 11.6 Å². The first-order valence-corrected chi connectivity index (χ1v) is 7.38. The quantitative estimate of drug-likeness (QED) is 0.642. The first kappa shape index (κ1) is 17.5. The van der Waals surface area contributed by atoms with E-state index in [-0.39, 0.29) is 22.0 Å². The number of benzene rings is 2. The van der Waals surface area contributed by atoms with Gasteiger partial charge in [-0.2, -0.15) is 5.26 Å². The molecular formula is C18H14ClFN2O2. The van der Waals surface area contributed by atoms with E-state index in [0.717, 1.165) is 6.07 Å². The Morgan fingerprint density at radius 3 is 2.46 bits per heavy atom. The summed E-state index contributed by atoms with van der Waals surface area (Å²) in [6.07, 6.45) is 1.42. The van der Waals surface area contributed by atoms with Crippen LogP contribution < -0.4 is 5.32 Å². The van der Waals surface area contributed by atoms with Crippen molar-refractivity contribution < 1.29 is 14.3 Å². The minimum atomic E-state index is -0.636. The van der Waals surface area contributed by atoms with Crippen molar-refractivity contribution >= 4 is 29.3 Å². The monoisotopic (exact) mass is 344 g/mol. The molecule has 0 aliphatic heterocycles. The van der Waals surface area contributed by atoms with E-state index in [1.807, 2.05) is 6.07 Å². The lowest BCUT2D eigenvalue weighted by Crippen LogP contribution is -2.13. The minimum Gasteiger partial charge on any atom is -0.507 e. The fourth-order valence-electron chi connectivity index (χ4n) is 2.16. The Morgan fingerprint density at radius 1 is 1.29 bits per heavy atom. The molecule has 0 atom stereocenters. The summed E-state index contributed by atoms with van der Waals surface area (Å²) >= 11 is 5.66. The van der Waals surface area contributed by atoms with Gasteiger partial charge in [-0.05, 0) is 66.9 Å². The zero-order chi connectivity index (χ0) is 17.9. The first-order chi connectivity index (χ1) is 11.3. The largest absolute Gasteiger partial charge is 0.507 e. The maximum absolute atomic E-state index is 13.1. The molecule has 2 N–H and O–H groups in total. The Bertz CT molecular complexity index is 862. The third-order valence-corrected chi connectivity index (χ3v) is 3.66. The molecule has 2 aromatic carbocycles. The number of nitriles is 1. The summed E-state index contributed by atoms with van der Waals surface area (Å²) in [5.41, 5.74) is 2.06. The van der Waals surface area contributed by atoms with Gasteiger partial charge in [0.25, 0.3) is 5.91 Å². The van der Waals surface area contributed by atoms with Crippen LogP contribution in [-0.2, 0) is 4.79 Å². The molecule has 0 bridgehead atoms. The van der Waals surface area contributed by atoms with E-state index in [0.29, 0.717) is 16.7 Å². The van der Waals surface area contributed by atoms with Crippen LogP contribution in [0.15, 0.2) is 35.9 Å². The van der Waals surface area contributed by atoms with Crippen LogP contribution in [-0.4, -0.2) is 11.0 Å². The van der Waals surface area contributed by atoms with Crippen LogP contribution in [0.5, 0.6) is 5.75 Å². The number of carbonyl (C=O) groups excluding carboxylic acids is 1. The molecule has 0 aliphatic rings. The van der Waals surface area contributed by atoms with Gasteiger partial charge in [0.1, 0.15) is 23.2 Å². The smallest absolute Gasteiger partial charge is 0.266 e. The number of amides is 1. The van der Waals surface area contributed by atoms with Crippen molar-refractivity contribution in [3.05, 3.63) is 63.4 Å². The van der Waals surface area contributed by atoms with Crippen LogP contribution in [0.2, 0.25) is 5.02 Å². The molecule has 24 heavy (non-hydrogen) atoms. The number of nitrogens with one attached hydrogen (secondary N) is 1. The lowest BCUT2D eigenvalue weighted by atomic mass is 10.0. The molecule has 2 rings (SSSR count). The summed E-state index contributed by atoms with van der Waals surface area (Å²) in [5.74, 6) is -1.06. The van der Waals surface area contributed by atoms with Gasteiger partial charge >= 0.3 is 0 Å². The Labute approximate surface area is 143 Å². The van der Waals surface area contributed by atoms with E-state index in [9.17, 15) is 19.6 Å². The van der Waals surface area contributed by atoms with Gasteiger partial charge in [0, 0.05) is 5.69 Å². The molecule has 122 valence electrons. The van der Waals surface area contributed by atoms with Gasteiger partial charge in [-0.25, -0.2) is 4.39 Å². The lowest BCUT2D eigenvalue weighted by Gasteiger charge is -2.07. The fourth-order valence-corrected chi connectivity index (χ4v) is 2.34. The van der Waals surface area contributed by atoms with E-state index >= 15 is 0 Å². The molecule has 0 saturated heterocycles. The van der Waals surface area contributed by atoms with Crippen LogP contribution in [0.25, 0.3) is 6.08 Å². The van der Waals surface area contributed by atoms with E-state index in [1.54, 1.807) is 26.0 Å². The number of hydrogen-bond donors (Lipinski definition) is 2. The highest BCUT2D eigenvalue weighted by atomic mass is 35.5. The second-order valence-electron chi connectivity index (χ2n) is 5.26. The van der Waals surface area contributed by atoms with Crippen LogP contribution in [0.4, 0.5) is 10.1 Å². The van der Waals surface area contributed by atoms with E-state index in [1.165, 1.54) is 18.2 Å². The standard InChI is InChI=1S/C18H14ClFN2O2/c1-10-5-12(6-11(2)17(10)23)7-13(9-21)18(24)22-14-3-4-16(20)15(19)8-14/h3-8,23H,1-2H3,(H,22,24)/b13-7+. The molecule has 1 amide bonds. The van der Waals surface area contributed by atoms with Gasteiger partial charge in [-0.1, -0.05) is 11.6 Å².